The average molecular weight is 507 g/mol. The monoisotopic (exact) mass is 506 g/mol. The van der Waals surface area contributed by atoms with Crippen LogP contribution < -0.4 is 29.6 Å². The quantitative estimate of drug-likeness (QED) is 0.433. The predicted octanol–water partition coefficient (Wildman–Crippen LogP) is 4.49. The Labute approximate surface area is 215 Å². The fourth-order valence-electron chi connectivity index (χ4n) is 4.17. The van der Waals surface area contributed by atoms with Crippen molar-refractivity contribution in [1.82, 2.24) is 10.6 Å². The third-order valence-corrected chi connectivity index (χ3v) is 5.95. The highest BCUT2D eigenvalue weighted by atomic mass is 16.5. The van der Waals surface area contributed by atoms with Crippen molar-refractivity contribution in [3.05, 3.63) is 77.4 Å². The number of rotatable bonds is 8. The van der Waals surface area contributed by atoms with Crippen molar-refractivity contribution in [1.29, 1.82) is 0 Å². The Kier molecular flexibility index (Phi) is 7.42. The Morgan fingerprint density at radius 1 is 1.00 bits per heavy atom. The lowest BCUT2D eigenvalue weighted by atomic mass is 9.89. The molecule has 1 aromatic heterocycles. The number of hydrogen-bond acceptors (Lipinski definition) is 7. The van der Waals surface area contributed by atoms with Crippen molar-refractivity contribution in [2.45, 2.75) is 31.9 Å². The fraction of sp³-hybridized carbons (Fsp3) is 0.286. The van der Waals surface area contributed by atoms with E-state index in [2.05, 4.69) is 10.6 Å². The molecule has 2 N–H and O–H groups in total. The van der Waals surface area contributed by atoms with E-state index in [1.807, 2.05) is 32.0 Å². The molecule has 0 saturated heterocycles. The second-order valence-electron chi connectivity index (χ2n) is 9.09. The smallest absolute Gasteiger partial charge is 0.268 e. The van der Waals surface area contributed by atoms with Crippen LogP contribution in [0.4, 0.5) is 0 Å². The maximum atomic E-state index is 13.6. The van der Waals surface area contributed by atoms with Gasteiger partial charge in [0, 0.05) is 23.6 Å². The molecule has 37 heavy (non-hydrogen) atoms. The molecule has 4 rings (SSSR count). The number of carbonyl (C=O) groups is 2. The lowest BCUT2D eigenvalue weighted by Gasteiger charge is -2.38. The lowest BCUT2D eigenvalue weighted by molar-refractivity contribution is -0.119. The first-order chi connectivity index (χ1) is 17.7. The highest BCUT2D eigenvalue weighted by Crippen LogP contribution is 2.41. The molecule has 0 bridgehead atoms. The van der Waals surface area contributed by atoms with Gasteiger partial charge in [-0.25, -0.2) is 0 Å². The molecule has 1 aliphatic heterocycles. The molecule has 1 aliphatic rings. The summed E-state index contributed by atoms with van der Waals surface area (Å²) in [7, 11) is 4.58. The van der Waals surface area contributed by atoms with Crippen LogP contribution in [0.25, 0.3) is 6.08 Å². The summed E-state index contributed by atoms with van der Waals surface area (Å²) in [6, 6.07) is 13.2. The highest BCUT2D eigenvalue weighted by Gasteiger charge is 2.35. The summed E-state index contributed by atoms with van der Waals surface area (Å²) in [6.45, 7) is 3.91. The number of benzene rings is 2. The molecule has 9 heteroatoms. The van der Waals surface area contributed by atoms with E-state index in [1.165, 1.54) is 26.6 Å². The van der Waals surface area contributed by atoms with E-state index in [0.29, 0.717) is 35.2 Å². The molecule has 0 radical (unpaired) electrons. The maximum Gasteiger partial charge on any atom is 0.268 e. The summed E-state index contributed by atoms with van der Waals surface area (Å²) in [5.41, 5.74) is 0.574. The van der Waals surface area contributed by atoms with Gasteiger partial charge < -0.3 is 34.0 Å². The number of nitrogens with one attached hydrogen (secondary N) is 2. The predicted molar refractivity (Wildman–Crippen MR) is 137 cm³/mol. The van der Waals surface area contributed by atoms with Gasteiger partial charge in [-0.1, -0.05) is 0 Å². The van der Waals surface area contributed by atoms with Gasteiger partial charge in [-0.05, 0) is 62.4 Å². The van der Waals surface area contributed by atoms with E-state index in [0.717, 1.165) is 5.56 Å². The number of furan rings is 1. The van der Waals surface area contributed by atoms with Crippen LogP contribution in [0.1, 0.15) is 48.0 Å². The minimum atomic E-state index is -0.521. The van der Waals surface area contributed by atoms with Crippen LogP contribution in [-0.4, -0.2) is 38.7 Å². The molecule has 0 fully saturated rings. The number of ether oxygens (including phenoxy) is 4. The van der Waals surface area contributed by atoms with Crippen LogP contribution in [0.3, 0.4) is 0 Å². The Bertz CT molecular complexity index is 1310. The average Bonchev–Trinajstić information content (AvgIpc) is 3.40. The largest absolute Gasteiger partial charge is 0.497 e. The lowest BCUT2D eigenvalue weighted by Crippen LogP contribution is -2.43. The van der Waals surface area contributed by atoms with Crippen LogP contribution in [0, 0.1) is 0 Å². The normalized spacial score (nSPS) is 16.1. The van der Waals surface area contributed by atoms with Crippen molar-refractivity contribution in [2.75, 3.05) is 21.3 Å². The molecule has 0 saturated carbocycles. The van der Waals surface area contributed by atoms with Crippen molar-refractivity contribution in [3.63, 3.8) is 0 Å². The van der Waals surface area contributed by atoms with Crippen molar-refractivity contribution >= 4 is 17.9 Å². The van der Waals surface area contributed by atoms with Crippen LogP contribution in [-0.2, 0) is 4.79 Å². The van der Waals surface area contributed by atoms with E-state index in [4.69, 9.17) is 23.4 Å². The van der Waals surface area contributed by atoms with E-state index in [-0.39, 0.29) is 17.3 Å². The molecule has 0 unspecified atom stereocenters. The molecule has 2 aromatic carbocycles. The van der Waals surface area contributed by atoms with E-state index in [1.54, 1.807) is 37.4 Å². The number of hydrogen-bond donors (Lipinski definition) is 2. The van der Waals surface area contributed by atoms with Gasteiger partial charge in [-0.2, -0.15) is 0 Å². The molecule has 9 nitrogen and oxygen atoms in total. The minimum Gasteiger partial charge on any atom is -0.497 e. The summed E-state index contributed by atoms with van der Waals surface area (Å²) in [5, 5.41) is 5.76. The second kappa shape index (κ2) is 10.7. The molecule has 0 aliphatic carbocycles. The first-order valence-corrected chi connectivity index (χ1v) is 11.7. The number of carbonyl (C=O) groups excluding carboxylic acids is 2. The molecule has 194 valence electrons. The molecule has 1 atom stereocenters. The summed E-state index contributed by atoms with van der Waals surface area (Å²) < 4.78 is 27.4. The summed E-state index contributed by atoms with van der Waals surface area (Å²) in [4.78, 5) is 26.7. The second-order valence-corrected chi connectivity index (χ2v) is 9.09. The first-order valence-electron chi connectivity index (χ1n) is 11.7. The van der Waals surface area contributed by atoms with Crippen molar-refractivity contribution < 1.29 is 33.0 Å². The highest BCUT2D eigenvalue weighted by molar-refractivity contribution is 6.05. The third-order valence-electron chi connectivity index (χ3n) is 5.95. The topological polar surface area (TPSA) is 108 Å². The molecule has 2 amide bonds. The zero-order chi connectivity index (χ0) is 26.6. The van der Waals surface area contributed by atoms with E-state index < -0.39 is 17.4 Å². The van der Waals surface area contributed by atoms with E-state index >= 15 is 0 Å². The SMILES string of the molecule is COc1ccc2c(c1)[C@@H](NC(=O)/C(=C/c1ccco1)NC(=O)c1ccc(OC)c(OC)c1)CC(C)(C)O2. The molecular formula is C28H30N2O7. The molecule has 2 heterocycles. The zero-order valence-corrected chi connectivity index (χ0v) is 21.4. The van der Waals surface area contributed by atoms with Crippen LogP contribution >= 0.6 is 0 Å². The molecular weight excluding hydrogens is 476 g/mol. The first kappa shape index (κ1) is 25.7. The van der Waals surface area contributed by atoms with Crippen LogP contribution in [0.2, 0.25) is 0 Å². The van der Waals surface area contributed by atoms with Gasteiger partial charge in [-0.3, -0.25) is 9.59 Å². The summed E-state index contributed by atoms with van der Waals surface area (Å²) >= 11 is 0. The van der Waals surface area contributed by atoms with E-state index in [9.17, 15) is 9.59 Å². The third kappa shape index (κ3) is 5.88. The fourth-order valence-corrected chi connectivity index (χ4v) is 4.17. The Hall–Kier alpha value is -4.40. The maximum absolute atomic E-state index is 13.6. The van der Waals surface area contributed by atoms with Crippen molar-refractivity contribution in [3.8, 4) is 23.0 Å². The van der Waals surface area contributed by atoms with Crippen LogP contribution in [0.5, 0.6) is 23.0 Å². The minimum absolute atomic E-state index is 0.0171. The van der Waals surface area contributed by atoms with Gasteiger partial charge in [0.2, 0.25) is 0 Å². The molecule has 0 spiro atoms. The van der Waals surface area contributed by atoms with Gasteiger partial charge in [0.05, 0.1) is 33.6 Å². The Morgan fingerprint density at radius 3 is 2.46 bits per heavy atom. The van der Waals surface area contributed by atoms with Gasteiger partial charge >= 0.3 is 0 Å². The summed E-state index contributed by atoms with van der Waals surface area (Å²) in [5.74, 6) is 1.62. The van der Waals surface area contributed by atoms with Gasteiger partial charge in [0.1, 0.15) is 28.6 Å². The summed E-state index contributed by atoms with van der Waals surface area (Å²) in [6.07, 6.45) is 3.47. The number of fused-ring (bicyclic) bond motifs is 1. The number of methoxy groups -OCH3 is 3. The van der Waals surface area contributed by atoms with Crippen LogP contribution in [0.15, 0.2) is 64.9 Å². The van der Waals surface area contributed by atoms with Gasteiger partial charge in [0.15, 0.2) is 11.5 Å². The Balaban J connectivity index is 1.63. The number of amides is 2. The standard InChI is InChI=1S/C28H30N2O7/c1-28(2)16-22(20-14-18(33-3)9-11-23(20)37-28)30-27(32)21(15-19-7-6-12-36-19)29-26(31)17-8-10-24(34-4)25(13-17)35-5/h6-15,22H,16H2,1-5H3,(H,29,31)(H,30,32)/b21-15-/t22-/m0/s1. The van der Waals surface area contributed by atoms with Gasteiger partial charge in [0.25, 0.3) is 11.8 Å². The van der Waals surface area contributed by atoms with Crippen molar-refractivity contribution in [2.24, 2.45) is 0 Å². The molecule has 3 aromatic rings. The van der Waals surface area contributed by atoms with Gasteiger partial charge in [-0.15, -0.1) is 0 Å². The zero-order valence-electron chi connectivity index (χ0n) is 21.4. The Morgan fingerprint density at radius 2 is 1.78 bits per heavy atom.